The molecule has 98 valence electrons. The molecule has 0 radical (unpaired) electrons. The Morgan fingerprint density at radius 3 is 2.35 bits per heavy atom. The van der Waals surface area contributed by atoms with Gasteiger partial charge in [-0.15, -0.1) is 0 Å². The lowest BCUT2D eigenvalue weighted by atomic mass is 9.87. The maximum atomic E-state index is 11.6. The molecule has 0 aliphatic heterocycles. The van der Waals surface area contributed by atoms with Crippen LogP contribution in [0.5, 0.6) is 0 Å². The first-order valence-corrected chi connectivity index (χ1v) is 6.03. The molecule has 17 heavy (non-hydrogen) atoms. The van der Waals surface area contributed by atoms with Crippen LogP contribution in [-0.4, -0.2) is 36.1 Å². The van der Waals surface area contributed by atoms with E-state index in [9.17, 15) is 9.59 Å². The number of aliphatic carboxylic acids is 1. The number of carboxylic acids is 1. The molecule has 1 rings (SSSR count). The maximum Gasteiger partial charge on any atom is 0.326 e. The van der Waals surface area contributed by atoms with Crippen LogP contribution >= 0.6 is 0 Å². The van der Waals surface area contributed by atoms with Crippen LogP contribution in [0.15, 0.2) is 0 Å². The molecule has 0 saturated heterocycles. The lowest BCUT2D eigenvalue weighted by Gasteiger charge is -2.27. The molecule has 1 aliphatic carbocycles. The van der Waals surface area contributed by atoms with Crippen LogP contribution in [0, 0.1) is 11.3 Å². The number of carboxylic acid groups (broad SMARTS) is 1. The molecule has 0 aromatic carbocycles. The fourth-order valence-electron chi connectivity index (χ4n) is 1.57. The summed E-state index contributed by atoms with van der Waals surface area (Å²) in [6.07, 6.45) is 2.46. The number of rotatable bonds is 6. The lowest BCUT2D eigenvalue weighted by Crippen LogP contribution is -2.51. The zero-order valence-corrected chi connectivity index (χ0v) is 10.7. The third kappa shape index (κ3) is 5.17. The first-order chi connectivity index (χ1) is 7.80. The molecule has 1 amide bonds. The molecular weight excluding hydrogens is 220 g/mol. The van der Waals surface area contributed by atoms with E-state index in [4.69, 9.17) is 5.11 Å². The summed E-state index contributed by atoms with van der Waals surface area (Å²) < 4.78 is 0. The molecule has 0 unspecified atom stereocenters. The highest BCUT2D eigenvalue weighted by atomic mass is 16.4. The molecule has 1 saturated carbocycles. The first kappa shape index (κ1) is 14.0. The average molecular weight is 242 g/mol. The highest BCUT2D eigenvalue weighted by Crippen LogP contribution is 2.27. The summed E-state index contributed by atoms with van der Waals surface area (Å²) in [4.78, 5) is 22.6. The van der Waals surface area contributed by atoms with E-state index in [1.165, 1.54) is 12.8 Å². The van der Waals surface area contributed by atoms with Crippen LogP contribution in [0.25, 0.3) is 0 Å². The van der Waals surface area contributed by atoms with Crippen molar-refractivity contribution in [3.05, 3.63) is 0 Å². The van der Waals surface area contributed by atoms with Gasteiger partial charge in [0.1, 0.15) is 6.04 Å². The van der Waals surface area contributed by atoms with E-state index in [1.54, 1.807) is 20.8 Å². The fraction of sp³-hybridized carbons (Fsp3) is 0.833. The van der Waals surface area contributed by atoms with E-state index in [0.717, 1.165) is 6.54 Å². The molecule has 0 spiro atoms. The lowest BCUT2D eigenvalue weighted by molar-refractivity contribution is -0.144. The Bertz CT molecular complexity index is 293. The van der Waals surface area contributed by atoms with Crippen molar-refractivity contribution in [3.63, 3.8) is 0 Å². The molecule has 5 heteroatoms. The standard InChI is InChI=1S/C12H22N2O3/c1-12(2,3)10(11(16)17)14-9(15)7-13-6-8-4-5-8/h8,10,13H,4-7H2,1-3H3,(H,14,15)(H,16,17)/t10-/m1/s1. The normalized spacial score (nSPS) is 17.6. The van der Waals surface area contributed by atoms with Crippen molar-refractivity contribution in [3.8, 4) is 0 Å². The van der Waals surface area contributed by atoms with Crippen LogP contribution in [0.4, 0.5) is 0 Å². The minimum absolute atomic E-state index is 0.191. The van der Waals surface area contributed by atoms with E-state index in [0.29, 0.717) is 5.92 Å². The Morgan fingerprint density at radius 1 is 1.35 bits per heavy atom. The molecule has 3 N–H and O–H groups in total. The van der Waals surface area contributed by atoms with Crippen LogP contribution in [0.2, 0.25) is 0 Å². The first-order valence-electron chi connectivity index (χ1n) is 6.03. The topological polar surface area (TPSA) is 78.4 Å². The molecule has 0 aromatic rings. The van der Waals surface area contributed by atoms with Crippen LogP contribution in [0.1, 0.15) is 33.6 Å². The van der Waals surface area contributed by atoms with Gasteiger partial charge in [0, 0.05) is 0 Å². The van der Waals surface area contributed by atoms with Crippen molar-refractivity contribution in [2.75, 3.05) is 13.1 Å². The largest absolute Gasteiger partial charge is 0.480 e. The molecule has 1 aliphatic rings. The van der Waals surface area contributed by atoms with Gasteiger partial charge in [-0.1, -0.05) is 20.8 Å². The van der Waals surface area contributed by atoms with Gasteiger partial charge in [0.2, 0.25) is 5.91 Å². The third-order valence-corrected chi connectivity index (χ3v) is 2.83. The number of carbonyl (C=O) groups is 2. The van der Waals surface area contributed by atoms with Crippen molar-refractivity contribution in [1.29, 1.82) is 0 Å². The molecular formula is C12H22N2O3. The van der Waals surface area contributed by atoms with Gasteiger partial charge in [0.15, 0.2) is 0 Å². The number of hydrogen-bond acceptors (Lipinski definition) is 3. The van der Waals surface area contributed by atoms with Crippen molar-refractivity contribution in [2.24, 2.45) is 11.3 Å². The second kappa shape index (κ2) is 5.49. The van der Waals surface area contributed by atoms with Crippen LogP contribution < -0.4 is 10.6 Å². The van der Waals surface area contributed by atoms with Gasteiger partial charge in [0.25, 0.3) is 0 Å². The van der Waals surface area contributed by atoms with E-state index >= 15 is 0 Å². The highest BCUT2D eigenvalue weighted by molar-refractivity contribution is 5.85. The van der Waals surface area contributed by atoms with E-state index in [2.05, 4.69) is 10.6 Å². The van der Waals surface area contributed by atoms with Gasteiger partial charge in [-0.05, 0) is 30.7 Å². The highest BCUT2D eigenvalue weighted by Gasteiger charge is 2.32. The minimum atomic E-state index is -0.993. The summed E-state index contributed by atoms with van der Waals surface area (Å²) in [6, 6.07) is -0.849. The monoisotopic (exact) mass is 242 g/mol. The SMILES string of the molecule is CC(C)(C)[C@H](NC(=O)CNCC1CC1)C(=O)O. The Labute approximate surface area is 102 Å². The summed E-state index contributed by atoms with van der Waals surface area (Å²) >= 11 is 0. The second-order valence-electron chi connectivity index (χ2n) is 5.78. The van der Waals surface area contributed by atoms with Crippen molar-refractivity contribution in [1.82, 2.24) is 10.6 Å². The van der Waals surface area contributed by atoms with E-state index in [1.807, 2.05) is 0 Å². The Kier molecular flexibility index (Phi) is 4.51. The van der Waals surface area contributed by atoms with E-state index in [-0.39, 0.29) is 12.5 Å². The minimum Gasteiger partial charge on any atom is -0.480 e. The quantitative estimate of drug-likeness (QED) is 0.637. The molecule has 5 nitrogen and oxygen atoms in total. The predicted octanol–water partition coefficient (Wildman–Crippen LogP) is 0.601. The summed E-state index contributed by atoms with van der Waals surface area (Å²) in [6.45, 7) is 6.42. The molecule has 0 heterocycles. The maximum absolute atomic E-state index is 11.6. The van der Waals surface area contributed by atoms with Crippen LogP contribution in [0.3, 0.4) is 0 Å². The average Bonchev–Trinajstić information content (AvgIpc) is 2.95. The molecule has 1 fully saturated rings. The van der Waals surface area contributed by atoms with Crippen molar-refractivity contribution >= 4 is 11.9 Å². The summed E-state index contributed by atoms with van der Waals surface area (Å²) in [5.74, 6) is -0.540. The van der Waals surface area contributed by atoms with Gasteiger partial charge in [0.05, 0.1) is 6.54 Å². The van der Waals surface area contributed by atoms with Gasteiger partial charge in [-0.3, -0.25) is 4.79 Å². The van der Waals surface area contributed by atoms with Crippen molar-refractivity contribution in [2.45, 2.75) is 39.7 Å². The second-order valence-corrected chi connectivity index (χ2v) is 5.78. The molecule has 1 atom stereocenters. The third-order valence-electron chi connectivity index (χ3n) is 2.83. The Balaban J connectivity index is 2.32. The van der Waals surface area contributed by atoms with Gasteiger partial charge in [-0.2, -0.15) is 0 Å². The summed E-state index contributed by atoms with van der Waals surface area (Å²) in [5, 5.41) is 14.6. The zero-order valence-electron chi connectivity index (χ0n) is 10.7. The van der Waals surface area contributed by atoms with Crippen LogP contribution in [-0.2, 0) is 9.59 Å². The smallest absolute Gasteiger partial charge is 0.326 e. The van der Waals surface area contributed by atoms with Crippen molar-refractivity contribution < 1.29 is 14.7 Å². The van der Waals surface area contributed by atoms with Gasteiger partial charge in [-0.25, -0.2) is 4.79 Å². The number of carbonyl (C=O) groups excluding carboxylic acids is 1. The number of amides is 1. The Morgan fingerprint density at radius 2 is 1.94 bits per heavy atom. The van der Waals surface area contributed by atoms with Gasteiger partial charge >= 0.3 is 5.97 Å². The Hall–Kier alpha value is -1.10. The zero-order chi connectivity index (χ0) is 13.1. The van der Waals surface area contributed by atoms with E-state index < -0.39 is 17.4 Å². The summed E-state index contributed by atoms with van der Waals surface area (Å²) in [7, 11) is 0. The fourth-order valence-corrected chi connectivity index (χ4v) is 1.57. The number of hydrogen-bond donors (Lipinski definition) is 3. The predicted molar refractivity (Wildman–Crippen MR) is 64.6 cm³/mol. The molecule has 0 bridgehead atoms. The van der Waals surface area contributed by atoms with Gasteiger partial charge < -0.3 is 15.7 Å². The number of nitrogens with one attached hydrogen (secondary N) is 2. The summed E-state index contributed by atoms with van der Waals surface area (Å²) in [5.41, 5.74) is -0.488. The molecule has 0 aromatic heterocycles.